The molecule has 3 aliphatic heterocycles. The number of benzene rings is 6. The van der Waals surface area contributed by atoms with E-state index in [1.807, 2.05) is 0 Å². The number of hydrogen-bond donors (Lipinski definition) is 6. The molecule has 0 aliphatic carbocycles. The van der Waals surface area contributed by atoms with Gasteiger partial charge in [-0.25, -0.2) is 62.6 Å². The number of thiazole rings is 3. The second-order valence-corrected chi connectivity index (χ2v) is 33.1. The summed E-state index contributed by atoms with van der Waals surface area (Å²) in [6, 6.07) is 27.9. The normalized spacial score (nSPS) is 16.2. The highest BCUT2D eigenvalue weighted by Crippen LogP contribution is 2.55. The Balaban J connectivity index is 0.542. The fraction of sp³-hybridized carbons (Fsp3) is 0.333. The number of methoxy groups -OCH3 is 3. The van der Waals surface area contributed by atoms with Crippen molar-refractivity contribution in [2.24, 2.45) is 0 Å². The summed E-state index contributed by atoms with van der Waals surface area (Å²) in [5.41, 5.74) is 2.89. The van der Waals surface area contributed by atoms with E-state index >= 15 is 4.57 Å². The molecule has 6 N–H and O–H groups in total. The summed E-state index contributed by atoms with van der Waals surface area (Å²) in [6.07, 6.45) is 11.7. The number of likely N-dealkylation sites (tertiary alicyclic amines) is 3. The highest BCUT2D eigenvalue weighted by molar-refractivity contribution is 7.48. The van der Waals surface area contributed by atoms with E-state index < -0.39 is 43.6 Å². The molecule has 0 saturated carbocycles. The van der Waals surface area contributed by atoms with E-state index in [0.717, 1.165) is 0 Å². The maximum atomic E-state index is 15.4. The molecular formula is C81H84F3N18O13PS3. The molecule has 38 heteroatoms. The first kappa shape index (κ1) is 82.7. The maximum absolute atomic E-state index is 15.4. The number of halogens is 3. The van der Waals surface area contributed by atoms with Crippen LogP contribution in [-0.4, -0.2) is 196 Å². The molecule has 6 aromatic heterocycles. The predicted octanol–water partition coefficient (Wildman–Crippen LogP) is 14.2. The van der Waals surface area contributed by atoms with Crippen molar-refractivity contribution in [2.75, 3.05) is 132 Å². The third-order valence-electron chi connectivity index (χ3n) is 19.6. The number of nitrogens with one attached hydrogen (secondary N) is 6. The summed E-state index contributed by atoms with van der Waals surface area (Å²) in [7, 11) is 0.491. The number of anilines is 9. The minimum Gasteiger partial charge on any atom is -0.493 e. The highest BCUT2D eigenvalue weighted by Gasteiger charge is 2.42. The van der Waals surface area contributed by atoms with Gasteiger partial charge in [-0.3, -0.25) is 28.0 Å². The lowest BCUT2D eigenvalue weighted by molar-refractivity contribution is -0.116. The van der Waals surface area contributed by atoms with Crippen LogP contribution in [0.15, 0.2) is 147 Å². The number of carbonyl (C=O) groups is 3. The first-order valence-corrected chi connectivity index (χ1v) is 42.4. The Bertz CT molecular complexity index is 5110. The quantitative estimate of drug-likeness (QED) is 0.0154. The van der Waals surface area contributed by atoms with Crippen LogP contribution in [0.1, 0.15) is 53.2 Å². The first-order chi connectivity index (χ1) is 57.9. The molecule has 9 heterocycles. The molecule has 0 spiro atoms. The van der Waals surface area contributed by atoms with Gasteiger partial charge >= 0.3 is 7.82 Å². The Morgan fingerprint density at radius 3 is 1.03 bits per heavy atom. The van der Waals surface area contributed by atoms with Crippen LogP contribution in [0.4, 0.5) is 63.1 Å². The summed E-state index contributed by atoms with van der Waals surface area (Å²) < 4.78 is 113. The van der Waals surface area contributed by atoms with Crippen LogP contribution >= 0.6 is 41.8 Å². The number of nitrogens with zero attached hydrogens (tertiary/aromatic N) is 12. The zero-order chi connectivity index (χ0) is 82.2. The lowest BCUT2D eigenvalue weighted by Gasteiger charge is -2.27. The molecule has 3 unspecified atom stereocenters. The fourth-order valence-corrected chi connectivity index (χ4v) is 18.2. The molecule has 3 atom stereocenters. The highest BCUT2D eigenvalue weighted by atomic mass is 32.1. The van der Waals surface area contributed by atoms with E-state index in [1.54, 1.807) is 94.5 Å². The lowest BCUT2D eigenvalue weighted by atomic mass is 10.2. The van der Waals surface area contributed by atoms with Crippen molar-refractivity contribution in [1.29, 1.82) is 0 Å². The molecule has 119 heavy (non-hydrogen) atoms. The van der Waals surface area contributed by atoms with Gasteiger partial charge in [-0.1, -0.05) is 18.2 Å². The van der Waals surface area contributed by atoms with Crippen molar-refractivity contribution in [3.05, 3.63) is 179 Å². The van der Waals surface area contributed by atoms with E-state index in [0.29, 0.717) is 249 Å². The smallest absolute Gasteiger partial charge is 0.475 e. The molecule has 3 aliphatic rings. The van der Waals surface area contributed by atoms with Gasteiger partial charge in [-0.15, -0.1) is 34.0 Å². The number of phosphoric acid groups is 1. The molecule has 3 amide bonds. The van der Waals surface area contributed by atoms with E-state index in [9.17, 15) is 27.6 Å². The number of carbonyl (C=O) groups excluding carboxylic acids is 3. The topological polar surface area (TPSA) is 349 Å². The Morgan fingerprint density at radius 1 is 0.420 bits per heavy atom. The summed E-state index contributed by atoms with van der Waals surface area (Å²) in [6.45, 7) is 6.58. The molecular weight excluding hydrogens is 1620 g/mol. The van der Waals surface area contributed by atoms with Crippen molar-refractivity contribution in [2.45, 2.75) is 76.1 Å². The number of phosphoric ester groups is 1. The molecule has 3 saturated heterocycles. The molecule has 6 aromatic carbocycles. The van der Waals surface area contributed by atoms with Gasteiger partial charge in [0.2, 0.25) is 17.7 Å². The standard InChI is InChI=1S/C81H84F3N18O13PS3/c1-107-67-34-61-64(88-46-91-76(61)97-79-85-40-58(117-79)31-73(103)94-52-13-4-10-49(82)28-52)37-70(67)110-25-7-19-100-22-16-55(43-100)113-116(106,114-56-17-23-101(44-56)20-8-26-111-71-38-65-62(35-68(71)108-2)77(92-47-89-65)98-80-86-41-59(118-80)32-74(104)95-53-14-5-11-50(83)29-53)115-57-18-24-102(45-57)21-9-27-112-72-39-66-63(36-69(72)109-3)78(93-48-90-66)99-81-87-42-60(119-81)33-75(105)96-54-15-6-12-51(84)30-54/h4-6,10-15,28-30,34-42,46-48,55-57H,7-9,16-27,31-33,43-45H2,1-3H3,(H,94,103)(H,95,104)(H,96,105)(H,85,88,91,97)(H,86,89,92,98)(H,87,90,93,99). The van der Waals surface area contributed by atoms with E-state index in [-0.39, 0.29) is 37.0 Å². The number of rotatable bonds is 39. The van der Waals surface area contributed by atoms with E-state index in [1.165, 1.54) is 108 Å². The summed E-state index contributed by atoms with van der Waals surface area (Å²) >= 11 is 3.86. The SMILES string of the molecule is COc1cc2c(Nc3ncc(CC(=O)Nc4cccc(F)c4)s3)ncnc2cc1OCCCN1CCC(OP(=O)(OC2CCN(CCCOc3cc4ncnc(Nc5ncc(CC(=O)Nc6cccc(F)c6)s5)c4cc3OC)C2)OC2CCN(CCCOc3cc4ncnc(Nc5ncc(CC(=O)Nc6cccc(F)c6)s5)c4cc3OC)C2)C1. The van der Waals surface area contributed by atoms with Crippen molar-refractivity contribution in [1.82, 2.24) is 59.6 Å². The van der Waals surface area contributed by atoms with Gasteiger partial charge in [-0.2, -0.15) is 0 Å². The summed E-state index contributed by atoms with van der Waals surface area (Å²) in [5.74, 6) is 2.09. The fourth-order valence-electron chi connectivity index (χ4n) is 14.0. The van der Waals surface area contributed by atoms with Crippen LogP contribution in [0.5, 0.6) is 34.5 Å². The Hall–Kier alpha value is -11.4. The zero-order valence-corrected chi connectivity index (χ0v) is 68.3. The second-order valence-electron chi connectivity index (χ2n) is 28.2. The summed E-state index contributed by atoms with van der Waals surface area (Å²) in [5, 5.41) is 21.4. The lowest BCUT2D eigenvalue weighted by Crippen LogP contribution is -2.29. The average molecular weight is 1700 g/mol. The van der Waals surface area contributed by atoms with Crippen LogP contribution < -0.4 is 60.3 Å². The number of aromatic nitrogens is 9. The van der Waals surface area contributed by atoms with Gasteiger partial charge in [0, 0.05) is 144 Å². The predicted molar refractivity (Wildman–Crippen MR) is 446 cm³/mol. The molecule has 15 rings (SSSR count). The third-order valence-corrected chi connectivity index (χ3v) is 24.0. The largest absolute Gasteiger partial charge is 0.493 e. The number of ether oxygens (including phenoxy) is 6. The minimum absolute atomic E-state index is 0.0425. The van der Waals surface area contributed by atoms with Crippen LogP contribution in [0, 0.1) is 17.5 Å². The molecule has 31 nitrogen and oxygen atoms in total. The molecule has 620 valence electrons. The van der Waals surface area contributed by atoms with Gasteiger partial charge in [0.1, 0.15) is 53.9 Å². The summed E-state index contributed by atoms with van der Waals surface area (Å²) in [4.78, 5) is 87.5. The van der Waals surface area contributed by atoms with Crippen molar-refractivity contribution in [3.8, 4) is 34.5 Å². The Labute approximate surface area is 693 Å². The van der Waals surface area contributed by atoms with Crippen LogP contribution in [0.25, 0.3) is 32.7 Å². The van der Waals surface area contributed by atoms with Gasteiger partial charge < -0.3 is 75.0 Å². The zero-order valence-electron chi connectivity index (χ0n) is 64.9. The molecule has 12 aromatic rings. The van der Waals surface area contributed by atoms with Gasteiger partial charge in [-0.05, 0) is 111 Å². The average Bonchev–Trinajstić information content (AvgIpc) is 1.48. The monoisotopic (exact) mass is 1700 g/mol. The van der Waals surface area contributed by atoms with Gasteiger partial charge in [0.25, 0.3) is 0 Å². The Kier molecular flexibility index (Phi) is 27.1. The van der Waals surface area contributed by atoms with E-state index in [4.69, 9.17) is 42.0 Å². The van der Waals surface area contributed by atoms with Gasteiger partial charge in [0.15, 0.2) is 49.9 Å². The minimum atomic E-state index is -4.19. The first-order valence-electron chi connectivity index (χ1n) is 38.5. The van der Waals surface area contributed by atoms with Gasteiger partial charge in [0.05, 0.1) is 95.3 Å². The number of hydrogen-bond acceptors (Lipinski definition) is 31. The second kappa shape index (κ2) is 39.0. The number of amides is 3. The third kappa shape index (κ3) is 22.3. The number of fused-ring (bicyclic) bond motifs is 3. The molecule has 0 radical (unpaired) electrons. The van der Waals surface area contributed by atoms with E-state index in [2.05, 4.69) is 91.5 Å². The molecule has 0 bridgehead atoms. The Morgan fingerprint density at radius 2 is 0.731 bits per heavy atom. The molecule has 3 fully saturated rings. The van der Waals surface area contributed by atoms with Crippen molar-refractivity contribution < 1.29 is 74.1 Å². The van der Waals surface area contributed by atoms with Crippen LogP contribution in [0.3, 0.4) is 0 Å². The maximum Gasteiger partial charge on any atom is 0.475 e. The van der Waals surface area contributed by atoms with Crippen molar-refractivity contribution >= 4 is 142 Å². The van der Waals surface area contributed by atoms with Crippen LogP contribution in [-0.2, 0) is 51.8 Å². The van der Waals surface area contributed by atoms with Crippen LogP contribution in [0.2, 0.25) is 0 Å². The van der Waals surface area contributed by atoms with Crippen molar-refractivity contribution in [3.63, 3.8) is 0 Å².